The number of allylic oxidation sites excluding steroid dienone is 2. The van der Waals surface area contributed by atoms with E-state index in [0.29, 0.717) is 0 Å². The lowest BCUT2D eigenvalue weighted by molar-refractivity contribution is 0.285. The Balaban J connectivity index is 1.99. The first-order valence-corrected chi connectivity index (χ1v) is 5.68. The van der Waals surface area contributed by atoms with Crippen molar-refractivity contribution >= 4 is 0 Å². The van der Waals surface area contributed by atoms with E-state index in [4.69, 9.17) is 11.5 Å². The first kappa shape index (κ1) is 8.39. The standard InChI is InChI=1S/C12H18N2/c13-5-9-4-10-7-1-2-8(3-7)12(10)11(9)6-14/h5-8,10,12H,1-4,13-14H2. The van der Waals surface area contributed by atoms with E-state index in [1.807, 2.05) is 6.20 Å². The molecule has 2 nitrogen and oxygen atoms in total. The van der Waals surface area contributed by atoms with Crippen LogP contribution < -0.4 is 11.5 Å². The third kappa shape index (κ3) is 0.865. The van der Waals surface area contributed by atoms with Crippen LogP contribution in [0.3, 0.4) is 0 Å². The molecule has 0 aromatic heterocycles. The zero-order valence-electron chi connectivity index (χ0n) is 8.45. The fourth-order valence-electron chi connectivity index (χ4n) is 4.16. The average Bonchev–Trinajstić information content (AvgIpc) is 2.87. The molecule has 4 atom stereocenters. The lowest BCUT2D eigenvalue weighted by Gasteiger charge is -2.24. The largest absolute Gasteiger partial charge is 0.404 e. The van der Waals surface area contributed by atoms with Crippen LogP contribution in [-0.4, -0.2) is 0 Å². The lowest BCUT2D eigenvalue weighted by Crippen LogP contribution is -2.18. The first-order chi connectivity index (χ1) is 6.85. The second kappa shape index (κ2) is 2.78. The van der Waals surface area contributed by atoms with E-state index in [9.17, 15) is 0 Å². The van der Waals surface area contributed by atoms with E-state index in [2.05, 4.69) is 0 Å². The van der Waals surface area contributed by atoms with Gasteiger partial charge in [-0.15, -0.1) is 0 Å². The average molecular weight is 190 g/mol. The highest BCUT2D eigenvalue weighted by molar-refractivity contribution is 5.40. The van der Waals surface area contributed by atoms with Crippen molar-refractivity contribution in [2.24, 2.45) is 35.1 Å². The summed E-state index contributed by atoms with van der Waals surface area (Å²) in [5.74, 6) is 3.52. The summed E-state index contributed by atoms with van der Waals surface area (Å²) in [6, 6.07) is 0. The van der Waals surface area contributed by atoms with Gasteiger partial charge >= 0.3 is 0 Å². The maximum absolute atomic E-state index is 5.73. The van der Waals surface area contributed by atoms with Crippen molar-refractivity contribution in [3.8, 4) is 0 Å². The normalized spacial score (nSPS) is 50.6. The Morgan fingerprint density at radius 2 is 1.86 bits per heavy atom. The molecule has 3 saturated carbocycles. The molecule has 4 unspecified atom stereocenters. The summed E-state index contributed by atoms with van der Waals surface area (Å²) in [5, 5.41) is 0. The molecule has 0 radical (unpaired) electrons. The van der Waals surface area contributed by atoms with Crippen LogP contribution in [0, 0.1) is 23.7 Å². The SMILES string of the molecule is NC=C1CC2C3CCC(C3)C2C1=CN. The van der Waals surface area contributed by atoms with Crippen LogP contribution in [-0.2, 0) is 0 Å². The Morgan fingerprint density at radius 3 is 2.57 bits per heavy atom. The van der Waals surface area contributed by atoms with E-state index in [1.165, 1.54) is 36.8 Å². The number of hydrogen-bond donors (Lipinski definition) is 2. The van der Waals surface area contributed by atoms with E-state index in [-0.39, 0.29) is 0 Å². The van der Waals surface area contributed by atoms with Gasteiger partial charge in [-0.3, -0.25) is 0 Å². The molecule has 4 N–H and O–H groups in total. The van der Waals surface area contributed by atoms with E-state index >= 15 is 0 Å². The van der Waals surface area contributed by atoms with Crippen molar-refractivity contribution in [3.63, 3.8) is 0 Å². The fraction of sp³-hybridized carbons (Fsp3) is 0.667. The van der Waals surface area contributed by atoms with Crippen molar-refractivity contribution in [3.05, 3.63) is 23.5 Å². The van der Waals surface area contributed by atoms with Crippen LogP contribution in [0.15, 0.2) is 23.5 Å². The molecule has 3 aliphatic rings. The van der Waals surface area contributed by atoms with Gasteiger partial charge in [0.05, 0.1) is 0 Å². The first-order valence-electron chi connectivity index (χ1n) is 5.68. The zero-order chi connectivity index (χ0) is 9.71. The number of hydrogen-bond acceptors (Lipinski definition) is 2. The molecule has 14 heavy (non-hydrogen) atoms. The number of fused-ring (bicyclic) bond motifs is 5. The van der Waals surface area contributed by atoms with Crippen LogP contribution in [0.2, 0.25) is 0 Å². The van der Waals surface area contributed by atoms with Gasteiger partial charge in [0, 0.05) is 0 Å². The Labute approximate surface area is 85.0 Å². The topological polar surface area (TPSA) is 52.0 Å². The number of rotatable bonds is 0. The summed E-state index contributed by atoms with van der Waals surface area (Å²) in [4.78, 5) is 0. The van der Waals surface area contributed by atoms with Crippen molar-refractivity contribution < 1.29 is 0 Å². The Hall–Kier alpha value is -0.920. The summed E-state index contributed by atoms with van der Waals surface area (Å²) < 4.78 is 0. The summed E-state index contributed by atoms with van der Waals surface area (Å²) in [5.41, 5.74) is 14.1. The summed E-state index contributed by atoms with van der Waals surface area (Å²) >= 11 is 0. The van der Waals surface area contributed by atoms with Gasteiger partial charge in [-0.05, 0) is 72.9 Å². The summed E-state index contributed by atoms with van der Waals surface area (Å²) in [6.07, 6.45) is 9.08. The molecule has 76 valence electrons. The lowest BCUT2D eigenvalue weighted by atomic mass is 9.80. The van der Waals surface area contributed by atoms with Gasteiger partial charge in [0.2, 0.25) is 0 Å². The van der Waals surface area contributed by atoms with Crippen molar-refractivity contribution in [1.82, 2.24) is 0 Å². The maximum Gasteiger partial charge on any atom is -0.00233 e. The minimum atomic E-state index is 0.758. The fourth-order valence-corrected chi connectivity index (χ4v) is 4.16. The summed E-state index contributed by atoms with van der Waals surface area (Å²) in [7, 11) is 0. The Morgan fingerprint density at radius 1 is 1.07 bits per heavy atom. The third-order valence-electron chi connectivity index (χ3n) is 4.65. The maximum atomic E-state index is 5.73. The highest BCUT2D eigenvalue weighted by atomic mass is 14.6. The minimum Gasteiger partial charge on any atom is -0.404 e. The highest BCUT2D eigenvalue weighted by Crippen LogP contribution is 2.61. The van der Waals surface area contributed by atoms with Gasteiger partial charge < -0.3 is 11.5 Å². The van der Waals surface area contributed by atoms with Gasteiger partial charge in [0.1, 0.15) is 0 Å². The second-order valence-corrected chi connectivity index (χ2v) is 5.04. The van der Waals surface area contributed by atoms with E-state index < -0.39 is 0 Å². The molecular weight excluding hydrogens is 172 g/mol. The van der Waals surface area contributed by atoms with Gasteiger partial charge in [-0.25, -0.2) is 0 Å². The van der Waals surface area contributed by atoms with Crippen LogP contribution in [0.4, 0.5) is 0 Å². The predicted molar refractivity (Wildman–Crippen MR) is 57.0 cm³/mol. The van der Waals surface area contributed by atoms with Crippen LogP contribution in [0.5, 0.6) is 0 Å². The molecular formula is C12H18N2. The molecule has 0 aromatic rings. The van der Waals surface area contributed by atoms with Gasteiger partial charge in [-0.1, -0.05) is 0 Å². The van der Waals surface area contributed by atoms with Crippen molar-refractivity contribution in [2.45, 2.75) is 25.7 Å². The molecule has 0 amide bonds. The minimum absolute atomic E-state index is 0.758. The smallest absolute Gasteiger partial charge is 0.00233 e. The molecule has 0 saturated heterocycles. The van der Waals surface area contributed by atoms with Crippen LogP contribution in [0.25, 0.3) is 0 Å². The molecule has 2 bridgehead atoms. The third-order valence-corrected chi connectivity index (χ3v) is 4.65. The van der Waals surface area contributed by atoms with Crippen molar-refractivity contribution in [2.75, 3.05) is 0 Å². The molecule has 0 spiro atoms. The predicted octanol–water partition coefficient (Wildman–Crippen LogP) is 1.74. The second-order valence-electron chi connectivity index (χ2n) is 5.04. The summed E-state index contributed by atoms with van der Waals surface area (Å²) in [6.45, 7) is 0. The van der Waals surface area contributed by atoms with Gasteiger partial charge in [0.15, 0.2) is 0 Å². The highest BCUT2D eigenvalue weighted by Gasteiger charge is 2.52. The van der Waals surface area contributed by atoms with Gasteiger partial charge in [0.25, 0.3) is 0 Å². The van der Waals surface area contributed by atoms with Crippen LogP contribution in [0.1, 0.15) is 25.7 Å². The van der Waals surface area contributed by atoms with Gasteiger partial charge in [-0.2, -0.15) is 0 Å². The molecule has 3 rings (SSSR count). The molecule has 2 heteroatoms. The molecule has 0 aliphatic heterocycles. The monoisotopic (exact) mass is 190 g/mol. The Kier molecular flexibility index (Phi) is 1.67. The molecule has 0 aromatic carbocycles. The molecule has 3 fully saturated rings. The molecule has 3 aliphatic carbocycles. The van der Waals surface area contributed by atoms with Crippen molar-refractivity contribution in [1.29, 1.82) is 0 Å². The van der Waals surface area contributed by atoms with E-state index in [0.717, 1.165) is 23.7 Å². The quantitative estimate of drug-likeness (QED) is 0.611. The zero-order valence-corrected chi connectivity index (χ0v) is 8.45. The Bertz CT molecular complexity index is 316. The van der Waals surface area contributed by atoms with Crippen LogP contribution >= 0.6 is 0 Å². The van der Waals surface area contributed by atoms with E-state index in [1.54, 1.807) is 6.20 Å². The number of nitrogens with two attached hydrogens (primary N) is 2. The molecule has 0 heterocycles.